The van der Waals surface area contributed by atoms with E-state index in [9.17, 15) is 4.79 Å². The summed E-state index contributed by atoms with van der Waals surface area (Å²) >= 11 is 19.0. The number of halogens is 3. The minimum atomic E-state index is -0.365. The minimum absolute atomic E-state index is 0.234. The Morgan fingerprint density at radius 2 is 1.53 bits per heavy atom. The summed E-state index contributed by atoms with van der Waals surface area (Å²) in [5, 5.41) is 15.4. The molecule has 1 heterocycles. The molecule has 36 heavy (non-hydrogen) atoms. The second-order valence-corrected chi connectivity index (χ2v) is 9.64. The molecule has 0 fully saturated rings. The topological polar surface area (TPSA) is 69.0 Å². The summed E-state index contributed by atoms with van der Waals surface area (Å²) in [5.74, 6) is -0.130. The van der Waals surface area contributed by atoms with Gasteiger partial charge in [0, 0.05) is 16.1 Å². The van der Waals surface area contributed by atoms with E-state index in [2.05, 4.69) is 27.6 Å². The Bertz CT molecular complexity index is 1630. The Kier molecular flexibility index (Phi) is 6.51. The molecule has 182 valence electrons. The maximum absolute atomic E-state index is 12.7. The minimum Gasteiger partial charge on any atom is -0.481 e. The van der Waals surface area contributed by atoms with Crippen molar-refractivity contribution in [2.75, 3.05) is 11.9 Å². The standard InChI is InChI=1S/C27H21Cl3N4O2/c1-14-11-20-21(33-34(32-20)22-10-6-8-17-7-4-5-9-18(17)22)12-19(14)31-23(35)13-36-27-25(29)15(2)24(28)16(3)26(27)30/h4-12H,13H2,1-3H3,(H,31,35). The number of amides is 1. The second kappa shape index (κ2) is 9.62. The SMILES string of the molecule is Cc1cc2nn(-c3cccc4ccccc34)nc2cc1NC(=O)COc1c(Cl)c(C)c(Cl)c(C)c1Cl. The van der Waals surface area contributed by atoms with Gasteiger partial charge in [0.25, 0.3) is 5.91 Å². The molecule has 0 saturated heterocycles. The summed E-state index contributed by atoms with van der Waals surface area (Å²) in [6, 6.07) is 17.8. The van der Waals surface area contributed by atoms with Crippen LogP contribution in [0.5, 0.6) is 5.75 Å². The number of ether oxygens (including phenoxy) is 1. The van der Waals surface area contributed by atoms with E-state index in [0.29, 0.717) is 27.4 Å². The quantitative estimate of drug-likeness (QED) is 0.251. The van der Waals surface area contributed by atoms with Gasteiger partial charge in [-0.15, -0.1) is 15.0 Å². The number of anilines is 1. The van der Waals surface area contributed by atoms with Gasteiger partial charge in [-0.1, -0.05) is 71.2 Å². The van der Waals surface area contributed by atoms with Crippen LogP contribution in [0.4, 0.5) is 5.69 Å². The van der Waals surface area contributed by atoms with Crippen LogP contribution >= 0.6 is 34.8 Å². The first kappa shape index (κ1) is 24.4. The van der Waals surface area contributed by atoms with Crippen LogP contribution in [0.2, 0.25) is 15.1 Å². The van der Waals surface area contributed by atoms with Crippen LogP contribution in [-0.4, -0.2) is 27.5 Å². The lowest BCUT2D eigenvalue weighted by Crippen LogP contribution is -2.21. The van der Waals surface area contributed by atoms with Gasteiger partial charge in [0.15, 0.2) is 12.4 Å². The number of benzene rings is 4. The molecular weight excluding hydrogens is 519 g/mol. The number of hydrogen-bond acceptors (Lipinski definition) is 4. The highest BCUT2D eigenvalue weighted by molar-refractivity contribution is 6.42. The van der Waals surface area contributed by atoms with Crippen molar-refractivity contribution in [2.24, 2.45) is 0 Å². The van der Waals surface area contributed by atoms with Crippen molar-refractivity contribution >= 4 is 68.2 Å². The third kappa shape index (κ3) is 4.37. The van der Waals surface area contributed by atoms with Crippen LogP contribution in [0.15, 0.2) is 54.6 Å². The Morgan fingerprint density at radius 1 is 0.889 bits per heavy atom. The van der Waals surface area contributed by atoms with Gasteiger partial charge in [0.05, 0.1) is 15.7 Å². The number of carbonyl (C=O) groups excluding carboxylic acids is 1. The molecule has 0 aliphatic rings. The molecule has 0 aliphatic carbocycles. The molecule has 0 aliphatic heterocycles. The van der Waals surface area contributed by atoms with Crippen LogP contribution < -0.4 is 10.1 Å². The molecule has 0 unspecified atom stereocenters. The molecule has 1 N–H and O–H groups in total. The van der Waals surface area contributed by atoms with Gasteiger partial charge in [-0.25, -0.2) is 0 Å². The number of rotatable bonds is 5. The maximum Gasteiger partial charge on any atom is 0.262 e. The fourth-order valence-corrected chi connectivity index (χ4v) is 4.88. The molecule has 4 aromatic carbocycles. The van der Waals surface area contributed by atoms with Crippen molar-refractivity contribution in [2.45, 2.75) is 20.8 Å². The maximum atomic E-state index is 12.7. The number of aromatic nitrogens is 3. The van der Waals surface area contributed by atoms with E-state index >= 15 is 0 Å². The van der Waals surface area contributed by atoms with Crippen molar-refractivity contribution in [3.8, 4) is 11.4 Å². The fourth-order valence-electron chi connectivity index (χ4n) is 4.05. The number of nitrogens with one attached hydrogen (secondary N) is 1. The molecular formula is C27H21Cl3N4O2. The Labute approximate surface area is 222 Å². The first-order valence-electron chi connectivity index (χ1n) is 11.2. The first-order valence-corrected chi connectivity index (χ1v) is 12.3. The van der Waals surface area contributed by atoms with E-state index < -0.39 is 0 Å². The zero-order valence-corrected chi connectivity index (χ0v) is 22.0. The van der Waals surface area contributed by atoms with Crippen molar-refractivity contribution < 1.29 is 9.53 Å². The van der Waals surface area contributed by atoms with Crippen molar-refractivity contribution in [3.05, 3.63) is 86.4 Å². The summed E-state index contributed by atoms with van der Waals surface area (Å²) in [7, 11) is 0. The summed E-state index contributed by atoms with van der Waals surface area (Å²) < 4.78 is 5.68. The molecule has 0 spiro atoms. The van der Waals surface area contributed by atoms with E-state index in [1.807, 2.05) is 43.3 Å². The molecule has 0 atom stereocenters. The van der Waals surface area contributed by atoms with Crippen LogP contribution in [0.1, 0.15) is 16.7 Å². The van der Waals surface area contributed by atoms with E-state index in [1.165, 1.54) is 0 Å². The van der Waals surface area contributed by atoms with Crippen LogP contribution in [-0.2, 0) is 4.79 Å². The van der Waals surface area contributed by atoms with Crippen LogP contribution in [0.25, 0.3) is 27.5 Å². The van der Waals surface area contributed by atoms with E-state index in [4.69, 9.17) is 39.5 Å². The van der Waals surface area contributed by atoms with Crippen LogP contribution in [0, 0.1) is 20.8 Å². The largest absolute Gasteiger partial charge is 0.481 e. The van der Waals surface area contributed by atoms with Crippen molar-refractivity contribution in [3.63, 3.8) is 0 Å². The average Bonchev–Trinajstić information content (AvgIpc) is 3.28. The first-order chi connectivity index (χ1) is 17.2. The highest BCUT2D eigenvalue weighted by atomic mass is 35.5. The van der Waals surface area contributed by atoms with Gasteiger partial charge in [-0.2, -0.15) is 0 Å². The van der Waals surface area contributed by atoms with Gasteiger partial charge in [0.2, 0.25) is 0 Å². The summed E-state index contributed by atoms with van der Waals surface area (Å²) in [6.45, 7) is 5.16. The summed E-state index contributed by atoms with van der Waals surface area (Å²) in [6.07, 6.45) is 0. The summed E-state index contributed by atoms with van der Waals surface area (Å²) in [5.41, 5.74) is 5.00. The molecule has 6 nitrogen and oxygen atoms in total. The van der Waals surface area contributed by atoms with Gasteiger partial charge in [-0.05, 0) is 61.0 Å². The second-order valence-electron chi connectivity index (χ2n) is 8.50. The number of aryl methyl sites for hydroxylation is 1. The van der Waals surface area contributed by atoms with Gasteiger partial charge in [0.1, 0.15) is 11.0 Å². The molecule has 9 heteroatoms. The smallest absolute Gasteiger partial charge is 0.262 e. The van der Waals surface area contributed by atoms with Crippen LogP contribution in [0.3, 0.4) is 0 Å². The molecule has 0 radical (unpaired) electrons. The monoisotopic (exact) mass is 538 g/mol. The molecule has 0 bridgehead atoms. The molecule has 5 aromatic rings. The predicted molar refractivity (Wildman–Crippen MR) is 146 cm³/mol. The molecule has 1 amide bonds. The number of hydrogen-bond donors (Lipinski definition) is 1. The number of nitrogens with zero attached hydrogens (tertiary/aromatic N) is 3. The third-order valence-electron chi connectivity index (χ3n) is 6.05. The third-order valence-corrected chi connectivity index (χ3v) is 7.52. The molecule has 1 aromatic heterocycles. The lowest BCUT2D eigenvalue weighted by molar-refractivity contribution is -0.118. The van der Waals surface area contributed by atoms with E-state index in [-0.39, 0.29) is 28.3 Å². The zero-order chi connectivity index (χ0) is 25.6. The lowest BCUT2D eigenvalue weighted by Gasteiger charge is -2.15. The van der Waals surface area contributed by atoms with Crippen molar-refractivity contribution in [1.29, 1.82) is 0 Å². The molecule has 5 rings (SSSR count). The number of carbonyl (C=O) groups is 1. The Morgan fingerprint density at radius 3 is 2.25 bits per heavy atom. The van der Waals surface area contributed by atoms with Gasteiger partial charge >= 0.3 is 0 Å². The normalized spacial score (nSPS) is 11.3. The Balaban J connectivity index is 1.39. The fraction of sp³-hybridized carbons (Fsp3) is 0.148. The Hall–Kier alpha value is -3.32. The zero-order valence-electron chi connectivity index (χ0n) is 19.7. The summed E-state index contributed by atoms with van der Waals surface area (Å²) in [4.78, 5) is 14.3. The van der Waals surface area contributed by atoms with E-state index in [1.54, 1.807) is 24.7 Å². The molecule has 0 saturated carbocycles. The number of fused-ring (bicyclic) bond motifs is 2. The van der Waals surface area contributed by atoms with Gasteiger partial charge in [-0.3, -0.25) is 4.79 Å². The highest BCUT2D eigenvalue weighted by Crippen LogP contribution is 2.42. The highest BCUT2D eigenvalue weighted by Gasteiger charge is 2.19. The van der Waals surface area contributed by atoms with Gasteiger partial charge < -0.3 is 10.1 Å². The lowest BCUT2D eigenvalue weighted by atomic mass is 10.1. The van der Waals surface area contributed by atoms with E-state index in [0.717, 1.165) is 27.5 Å². The van der Waals surface area contributed by atoms with Crippen molar-refractivity contribution in [1.82, 2.24) is 15.0 Å². The predicted octanol–water partition coefficient (Wildman–Crippen LogP) is 7.48. The average molecular weight is 540 g/mol.